The van der Waals surface area contributed by atoms with Crippen LogP contribution in [0.1, 0.15) is 16.1 Å². The SMILES string of the molecule is Cc1cccc(CBr)c1OCc1nccs1. The van der Waals surface area contributed by atoms with Crippen molar-refractivity contribution in [3.8, 4) is 5.75 Å². The number of nitrogens with zero attached hydrogens (tertiary/aromatic N) is 1. The highest BCUT2D eigenvalue weighted by atomic mass is 79.9. The van der Waals surface area contributed by atoms with Crippen LogP contribution in [0.5, 0.6) is 5.75 Å². The van der Waals surface area contributed by atoms with Crippen molar-refractivity contribution in [1.82, 2.24) is 4.98 Å². The minimum atomic E-state index is 0.544. The minimum absolute atomic E-state index is 0.544. The summed E-state index contributed by atoms with van der Waals surface area (Å²) in [6.45, 7) is 2.60. The Kier molecular flexibility index (Phi) is 3.96. The van der Waals surface area contributed by atoms with Crippen molar-refractivity contribution in [3.63, 3.8) is 0 Å². The first-order chi connectivity index (χ1) is 7.81. The molecule has 1 heterocycles. The van der Waals surface area contributed by atoms with Crippen molar-refractivity contribution >= 4 is 27.3 Å². The zero-order chi connectivity index (χ0) is 11.4. The molecule has 0 N–H and O–H groups in total. The Morgan fingerprint density at radius 3 is 3.00 bits per heavy atom. The van der Waals surface area contributed by atoms with Crippen LogP contribution in [0.2, 0.25) is 0 Å². The lowest BCUT2D eigenvalue weighted by Crippen LogP contribution is -1.99. The summed E-state index contributed by atoms with van der Waals surface area (Å²) < 4.78 is 5.82. The average molecular weight is 298 g/mol. The van der Waals surface area contributed by atoms with Crippen molar-refractivity contribution in [1.29, 1.82) is 0 Å². The summed E-state index contributed by atoms with van der Waals surface area (Å²) in [6.07, 6.45) is 1.80. The Hall–Kier alpha value is -0.870. The quantitative estimate of drug-likeness (QED) is 0.798. The van der Waals surface area contributed by atoms with E-state index in [1.54, 1.807) is 17.5 Å². The predicted molar refractivity (Wildman–Crippen MR) is 70.3 cm³/mol. The van der Waals surface area contributed by atoms with Gasteiger partial charge in [0.15, 0.2) is 0 Å². The standard InChI is InChI=1S/C12H12BrNOS/c1-9-3-2-4-10(7-13)12(9)15-8-11-14-5-6-16-11/h2-6H,7-8H2,1H3. The van der Waals surface area contributed by atoms with E-state index < -0.39 is 0 Å². The molecule has 1 aromatic heterocycles. The van der Waals surface area contributed by atoms with Crippen molar-refractivity contribution in [3.05, 3.63) is 45.9 Å². The van der Waals surface area contributed by atoms with E-state index in [2.05, 4.69) is 40.0 Å². The number of halogens is 1. The number of aromatic nitrogens is 1. The highest BCUT2D eigenvalue weighted by Crippen LogP contribution is 2.26. The van der Waals surface area contributed by atoms with Crippen LogP contribution < -0.4 is 4.74 Å². The third-order valence-electron chi connectivity index (χ3n) is 2.26. The van der Waals surface area contributed by atoms with Crippen molar-refractivity contribution in [2.45, 2.75) is 18.9 Å². The van der Waals surface area contributed by atoms with Crippen molar-refractivity contribution in [2.24, 2.45) is 0 Å². The summed E-state index contributed by atoms with van der Waals surface area (Å²) in [5.74, 6) is 0.967. The maximum absolute atomic E-state index is 5.82. The lowest BCUT2D eigenvalue weighted by atomic mass is 10.1. The molecule has 0 amide bonds. The van der Waals surface area contributed by atoms with E-state index in [1.807, 2.05) is 11.4 Å². The lowest BCUT2D eigenvalue weighted by molar-refractivity contribution is 0.301. The Balaban J connectivity index is 2.14. The monoisotopic (exact) mass is 297 g/mol. The van der Waals surface area contributed by atoms with E-state index in [4.69, 9.17) is 4.74 Å². The number of alkyl halides is 1. The maximum Gasteiger partial charge on any atom is 0.140 e. The second-order valence-electron chi connectivity index (χ2n) is 3.41. The fourth-order valence-corrected chi connectivity index (χ4v) is 2.45. The molecule has 0 fully saturated rings. The summed E-state index contributed by atoms with van der Waals surface area (Å²) in [5.41, 5.74) is 2.34. The molecule has 0 spiro atoms. The fraction of sp³-hybridized carbons (Fsp3) is 0.250. The first-order valence-electron chi connectivity index (χ1n) is 4.97. The van der Waals surface area contributed by atoms with E-state index in [9.17, 15) is 0 Å². The van der Waals surface area contributed by atoms with Crippen LogP contribution in [0.15, 0.2) is 29.8 Å². The van der Waals surface area contributed by atoms with Crippen LogP contribution in [-0.4, -0.2) is 4.98 Å². The molecule has 2 rings (SSSR count). The molecule has 0 aliphatic carbocycles. The van der Waals surface area contributed by atoms with Gasteiger partial charge in [-0.05, 0) is 12.5 Å². The molecule has 0 radical (unpaired) electrons. The Morgan fingerprint density at radius 2 is 2.31 bits per heavy atom. The highest BCUT2D eigenvalue weighted by molar-refractivity contribution is 9.08. The van der Waals surface area contributed by atoms with Gasteiger partial charge in [-0.2, -0.15) is 0 Å². The number of ether oxygens (including phenoxy) is 1. The summed E-state index contributed by atoms with van der Waals surface area (Å²) in [6, 6.07) is 6.17. The van der Waals surface area contributed by atoms with E-state index in [0.29, 0.717) is 6.61 Å². The normalized spacial score (nSPS) is 10.4. The zero-order valence-electron chi connectivity index (χ0n) is 8.94. The van der Waals surface area contributed by atoms with E-state index >= 15 is 0 Å². The molecule has 0 bridgehead atoms. The summed E-state index contributed by atoms with van der Waals surface area (Å²) in [7, 11) is 0. The molecular weight excluding hydrogens is 286 g/mol. The second-order valence-corrected chi connectivity index (χ2v) is 4.95. The molecule has 4 heteroatoms. The van der Waals surface area contributed by atoms with E-state index in [1.165, 1.54) is 5.56 Å². The molecule has 2 nitrogen and oxygen atoms in total. The van der Waals surface area contributed by atoms with Gasteiger partial charge in [0, 0.05) is 22.5 Å². The van der Waals surface area contributed by atoms with Gasteiger partial charge in [0.05, 0.1) is 0 Å². The Morgan fingerprint density at radius 1 is 1.44 bits per heavy atom. The van der Waals surface area contributed by atoms with Gasteiger partial charge in [-0.15, -0.1) is 11.3 Å². The number of para-hydroxylation sites is 1. The summed E-state index contributed by atoms with van der Waals surface area (Å²) >= 11 is 5.08. The summed E-state index contributed by atoms with van der Waals surface area (Å²) in [5, 5.41) is 3.77. The van der Waals surface area contributed by atoms with Crippen LogP contribution in [0, 0.1) is 6.92 Å². The maximum atomic E-state index is 5.82. The zero-order valence-corrected chi connectivity index (χ0v) is 11.3. The third kappa shape index (κ3) is 2.62. The van der Waals surface area contributed by atoms with Gasteiger partial charge >= 0.3 is 0 Å². The Bertz CT molecular complexity index is 456. The smallest absolute Gasteiger partial charge is 0.140 e. The third-order valence-corrected chi connectivity index (χ3v) is 3.62. The number of hydrogen-bond donors (Lipinski definition) is 0. The molecule has 16 heavy (non-hydrogen) atoms. The summed E-state index contributed by atoms with van der Waals surface area (Å²) in [4.78, 5) is 4.20. The minimum Gasteiger partial charge on any atom is -0.486 e. The van der Waals surface area contributed by atoms with Gasteiger partial charge in [0.1, 0.15) is 17.4 Å². The molecule has 84 valence electrons. The van der Waals surface area contributed by atoms with Crippen molar-refractivity contribution in [2.75, 3.05) is 0 Å². The number of aryl methyl sites for hydroxylation is 1. The Labute approximate surface area is 107 Å². The first kappa shape index (κ1) is 11.6. The van der Waals surface area contributed by atoms with Crippen LogP contribution in [0.3, 0.4) is 0 Å². The molecule has 0 unspecified atom stereocenters. The molecule has 0 aliphatic heterocycles. The molecule has 0 atom stereocenters. The molecular formula is C12H12BrNOS. The van der Waals surface area contributed by atoms with Crippen LogP contribution in [-0.2, 0) is 11.9 Å². The van der Waals surface area contributed by atoms with Crippen LogP contribution >= 0.6 is 27.3 Å². The fourth-order valence-electron chi connectivity index (χ4n) is 1.48. The van der Waals surface area contributed by atoms with Crippen LogP contribution in [0.4, 0.5) is 0 Å². The first-order valence-corrected chi connectivity index (χ1v) is 6.97. The molecule has 0 saturated heterocycles. The molecule has 0 aliphatic rings. The predicted octanol–water partition coefficient (Wildman–Crippen LogP) is 3.93. The number of hydrogen-bond acceptors (Lipinski definition) is 3. The van der Waals surface area contributed by atoms with Gasteiger partial charge in [0.2, 0.25) is 0 Å². The van der Waals surface area contributed by atoms with E-state index in [0.717, 1.165) is 21.7 Å². The molecule has 2 aromatic rings. The topological polar surface area (TPSA) is 22.1 Å². The van der Waals surface area contributed by atoms with Gasteiger partial charge in [-0.3, -0.25) is 0 Å². The van der Waals surface area contributed by atoms with Gasteiger partial charge in [-0.1, -0.05) is 34.1 Å². The average Bonchev–Trinajstić information content (AvgIpc) is 2.80. The van der Waals surface area contributed by atoms with Gasteiger partial charge < -0.3 is 4.74 Å². The molecule has 1 aromatic carbocycles. The second kappa shape index (κ2) is 5.46. The largest absolute Gasteiger partial charge is 0.486 e. The van der Waals surface area contributed by atoms with Crippen LogP contribution in [0.25, 0.3) is 0 Å². The highest BCUT2D eigenvalue weighted by Gasteiger charge is 2.06. The van der Waals surface area contributed by atoms with Gasteiger partial charge in [0.25, 0.3) is 0 Å². The molecule has 0 saturated carbocycles. The number of benzene rings is 1. The van der Waals surface area contributed by atoms with Crippen molar-refractivity contribution < 1.29 is 4.74 Å². The van der Waals surface area contributed by atoms with E-state index in [-0.39, 0.29) is 0 Å². The number of rotatable bonds is 4. The van der Waals surface area contributed by atoms with Gasteiger partial charge in [-0.25, -0.2) is 4.98 Å². The lowest BCUT2D eigenvalue weighted by Gasteiger charge is -2.11. The number of thiazole rings is 1.